The number of rotatable bonds is 6. The summed E-state index contributed by atoms with van der Waals surface area (Å²) in [5.74, 6) is 0.368. The van der Waals surface area contributed by atoms with E-state index in [1.807, 2.05) is 41.3 Å². The predicted molar refractivity (Wildman–Crippen MR) is 102 cm³/mol. The maximum Gasteiger partial charge on any atom is 0.410 e. The molecule has 26 heavy (non-hydrogen) atoms. The van der Waals surface area contributed by atoms with E-state index in [9.17, 15) is 9.90 Å². The van der Waals surface area contributed by atoms with Crippen LogP contribution in [0.25, 0.3) is 0 Å². The first-order chi connectivity index (χ1) is 12.7. The van der Waals surface area contributed by atoms with Gasteiger partial charge in [-0.05, 0) is 48.4 Å². The van der Waals surface area contributed by atoms with Crippen LogP contribution in [0.15, 0.2) is 48.5 Å². The predicted octanol–water partition coefficient (Wildman–Crippen LogP) is 4.69. The number of carbonyl (C=O) groups is 1. The van der Waals surface area contributed by atoms with Crippen LogP contribution in [0.5, 0.6) is 5.75 Å². The molecule has 1 atom stereocenters. The number of benzene rings is 2. The number of carbonyl (C=O) groups excluding carboxylic acids is 1. The average Bonchev–Trinajstić information content (AvgIpc) is 2.67. The third-order valence-electron chi connectivity index (χ3n) is 5.06. The molecule has 0 fully saturated rings. The molecule has 0 spiro atoms. The lowest BCUT2D eigenvalue weighted by atomic mass is 9.87. The van der Waals surface area contributed by atoms with Crippen molar-refractivity contribution < 1.29 is 14.6 Å². The fraction of sp³-hybridized carbons (Fsp3) is 0.409. The Bertz CT molecular complexity index is 729. The highest BCUT2D eigenvalue weighted by Crippen LogP contribution is 2.31. The zero-order valence-corrected chi connectivity index (χ0v) is 15.4. The van der Waals surface area contributed by atoms with E-state index in [1.54, 1.807) is 6.07 Å². The van der Waals surface area contributed by atoms with E-state index in [4.69, 9.17) is 4.74 Å². The Balaban J connectivity index is 1.68. The van der Waals surface area contributed by atoms with Crippen molar-refractivity contribution in [1.82, 2.24) is 4.90 Å². The molecule has 0 radical (unpaired) electrons. The van der Waals surface area contributed by atoms with Gasteiger partial charge in [-0.1, -0.05) is 55.8 Å². The van der Waals surface area contributed by atoms with E-state index in [1.165, 1.54) is 0 Å². The number of hydrogen-bond acceptors (Lipinski definition) is 3. The van der Waals surface area contributed by atoms with Gasteiger partial charge < -0.3 is 14.7 Å². The lowest BCUT2D eigenvalue weighted by Crippen LogP contribution is -2.44. The van der Waals surface area contributed by atoms with E-state index >= 15 is 0 Å². The number of aromatic hydroxyl groups is 1. The molecule has 1 aliphatic rings. The van der Waals surface area contributed by atoms with Gasteiger partial charge in [0.25, 0.3) is 0 Å². The van der Waals surface area contributed by atoms with Crippen molar-refractivity contribution in [3.63, 3.8) is 0 Å². The lowest BCUT2D eigenvalue weighted by Gasteiger charge is -2.34. The summed E-state index contributed by atoms with van der Waals surface area (Å²) in [5, 5.41) is 10.0. The summed E-state index contributed by atoms with van der Waals surface area (Å²) in [6, 6.07) is 15.6. The normalized spacial score (nSPS) is 16.0. The van der Waals surface area contributed by atoms with Gasteiger partial charge in [0.05, 0.1) is 0 Å². The summed E-state index contributed by atoms with van der Waals surface area (Å²) >= 11 is 0. The summed E-state index contributed by atoms with van der Waals surface area (Å²) in [5.41, 5.74) is 3.16. The van der Waals surface area contributed by atoms with E-state index < -0.39 is 0 Å². The van der Waals surface area contributed by atoms with Crippen LogP contribution in [0.3, 0.4) is 0 Å². The van der Waals surface area contributed by atoms with E-state index in [-0.39, 0.29) is 12.1 Å². The molecular formula is C22H27NO3. The van der Waals surface area contributed by atoms with Crippen LogP contribution < -0.4 is 0 Å². The molecule has 0 aliphatic heterocycles. The van der Waals surface area contributed by atoms with Gasteiger partial charge >= 0.3 is 6.09 Å². The van der Waals surface area contributed by atoms with Gasteiger partial charge in [0.15, 0.2) is 0 Å². The standard InChI is InChI=1S/C22H27NO3/c1-2-3-14-23(22(25)26-16-17-8-5-4-6-9-17)19-12-13-20-18(15-19)10-7-11-21(20)24/h4-11,19,24H,2-3,12-16H2,1H3/t19-/m0/s1. The molecule has 1 aliphatic carbocycles. The second-order valence-corrected chi connectivity index (χ2v) is 6.90. The Kier molecular flexibility index (Phi) is 6.16. The summed E-state index contributed by atoms with van der Waals surface area (Å²) in [6.07, 6.45) is 4.18. The van der Waals surface area contributed by atoms with Crippen molar-refractivity contribution in [2.45, 2.75) is 51.7 Å². The Morgan fingerprint density at radius 2 is 2.00 bits per heavy atom. The van der Waals surface area contributed by atoms with Crippen molar-refractivity contribution in [2.24, 2.45) is 0 Å². The summed E-state index contributed by atoms with van der Waals surface area (Å²) in [6.45, 7) is 3.14. The summed E-state index contributed by atoms with van der Waals surface area (Å²) in [7, 11) is 0. The number of nitrogens with zero attached hydrogens (tertiary/aromatic N) is 1. The number of amides is 1. The smallest absolute Gasteiger partial charge is 0.410 e. The highest BCUT2D eigenvalue weighted by atomic mass is 16.6. The quantitative estimate of drug-likeness (QED) is 0.820. The molecule has 138 valence electrons. The number of phenols is 1. The van der Waals surface area contributed by atoms with Crippen LogP contribution in [0.1, 0.15) is 42.9 Å². The van der Waals surface area contributed by atoms with Crippen LogP contribution >= 0.6 is 0 Å². The van der Waals surface area contributed by atoms with Crippen molar-refractivity contribution in [3.05, 3.63) is 65.2 Å². The van der Waals surface area contributed by atoms with Crippen molar-refractivity contribution in [1.29, 1.82) is 0 Å². The van der Waals surface area contributed by atoms with Gasteiger partial charge in [-0.2, -0.15) is 0 Å². The maximum absolute atomic E-state index is 12.8. The van der Waals surface area contributed by atoms with E-state index in [0.29, 0.717) is 18.9 Å². The third-order valence-corrected chi connectivity index (χ3v) is 5.06. The number of hydrogen-bond donors (Lipinski definition) is 1. The highest BCUT2D eigenvalue weighted by molar-refractivity contribution is 5.68. The SMILES string of the molecule is CCCCN(C(=O)OCc1ccccc1)[C@H]1CCc2c(O)cccc2C1. The van der Waals surface area contributed by atoms with E-state index in [0.717, 1.165) is 48.8 Å². The molecule has 1 N–H and O–H groups in total. The number of unbranched alkanes of at least 4 members (excludes halogenated alkanes) is 1. The zero-order valence-electron chi connectivity index (χ0n) is 15.4. The molecule has 0 saturated carbocycles. The average molecular weight is 353 g/mol. The Hall–Kier alpha value is -2.49. The summed E-state index contributed by atoms with van der Waals surface area (Å²) in [4.78, 5) is 14.6. The minimum absolute atomic E-state index is 0.124. The van der Waals surface area contributed by atoms with Crippen LogP contribution in [0.4, 0.5) is 4.79 Å². The molecular weight excluding hydrogens is 326 g/mol. The Morgan fingerprint density at radius 3 is 2.77 bits per heavy atom. The van der Waals surface area contributed by atoms with Crippen molar-refractivity contribution >= 4 is 6.09 Å². The van der Waals surface area contributed by atoms with Gasteiger partial charge in [-0.3, -0.25) is 0 Å². The topological polar surface area (TPSA) is 49.8 Å². The maximum atomic E-state index is 12.8. The number of ether oxygens (including phenoxy) is 1. The first kappa shape index (κ1) is 18.3. The van der Waals surface area contributed by atoms with Crippen LogP contribution in [0, 0.1) is 0 Å². The highest BCUT2D eigenvalue weighted by Gasteiger charge is 2.29. The Morgan fingerprint density at radius 1 is 1.19 bits per heavy atom. The molecule has 1 amide bonds. The fourth-order valence-electron chi connectivity index (χ4n) is 3.59. The second kappa shape index (κ2) is 8.75. The third kappa shape index (κ3) is 4.37. The van der Waals surface area contributed by atoms with E-state index in [2.05, 4.69) is 13.0 Å². The molecule has 0 heterocycles. The first-order valence-corrected chi connectivity index (χ1v) is 9.46. The molecule has 2 aromatic rings. The van der Waals surface area contributed by atoms with Gasteiger partial charge in [0.1, 0.15) is 12.4 Å². The molecule has 4 nitrogen and oxygen atoms in total. The minimum Gasteiger partial charge on any atom is -0.508 e. The van der Waals surface area contributed by atoms with Crippen molar-refractivity contribution in [2.75, 3.05) is 6.54 Å². The zero-order chi connectivity index (χ0) is 18.4. The lowest BCUT2D eigenvalue weighted by molar-refractivity contribution is 0.0764. The van der Waals surface area contributed by atoms with Crippen LogP contribution in [-0.4, -0.2) is 28.7 Å². The minimum atomic E-state index is -0.240. The van der Waals surface area contributed by atoms with Crippen molar-refractivity contribution in [3.8, 4) is 5.75 Å². The number of phenolic OH excluding ortho intramolecular Hbond substituents is 1. The Labute approximate surface area is 155 Å². The number of fused-ring (bicyclic) bond motifs is 1. The molecule has 2 aromatic carbocycles. The first-order valence-electron chi connectivity index (χ1n) is 9.46. The van der Waals surface area contributed by atoms with Crippen LogP contribution in [-0.2, 0) is 24.2 Å². The fourth-order valence-corrected chi connectivity index (χ4v) is 3.59. The van der Waals surface area contributed by atoms with Gasteiger partial charge in [-0.25, -0.2) is 4.79 Å². The molecule has 0 bridgehead atoms. The molecule has 0 aromatic heterocycles. The molecule has 0 saturated heterocycles. The van der Waals surface area contributed by atoms with Gasteiger partial charge in [0, 0.05) is 12.6 Å². The molecule has 3 rings (SSSR count). The summed E-state index contributed by atoms with van der Waals surface area (Å²) < 4.78 is 5.59. The van der Waals surface area contributed by atoms with Gasteiger partial charge in [0.2, 0.25) is 0 Å². The monoisotopic (exact) mass is 353 g/mol. The largest absolute Gasteiger partial charge is 0.508 e. The molecule has 4 heteroatoms. The van der Waals surface area contributed by atoms with Crippen LogP contribution in [0.2, 0.25) is 0 Å². The molecule has 0 unspecified atom stereocenters. The second-order valence-electron chi connectivity index (χ2n) is 6.90. The van der Waals surface area contributed by atoms with Gasteiger partial charge in [-0.15, -0.1) is 0 Å².